The fourth-order valence-electron chi connectivity index (χ4n) is 2.57. The van der Waals surface area contributed by atoms with E-state index in [1.165, 1.54) is 6.07 Å². The molecular formula is C15H21ClFNO. The lowest BCUT2D eigenvalue weighted by Gasteiger charge is -2.25. The lowest BCUT2D eigenvalue weighted by molar-refractivity contribution is 0.0308. The van der Waals surface area contributed by atoms with Gasteiger partial charge < -0.3 is 10.1 Å². The van der Waals surface area contributed by atoms with E-state index in [9.17, 15) is 4.39 Å². The van der Waals surface area contributed by atoms with Crippen molar-refractivity contribution in [3.63, 3.8) is 0 Å². The van der Waals surface area contributed by atoms with Crippen molar-refractivity contribution >= 4 is 11.6 Å². The molecular weight excluding hydrogens is 265 g/mol. The van der Waals surface area contributed by atoms with Gasteiger partial charge in [-0.2, -0.15) is 0 Å². The highest BCUT2D eigenvalue weighted by Crippen LogP contribution is 2.32. The maximum absolute atomic E-state index is 14.1. The third kappa shape index (κ3) is 3.68. The largest absolute Gasteiger partial charge is 0.373 e. The molecule has 1 fully saturated rings. The van der Waals surface area contributed by atoms with Gasteiger partial charge in [-0.3, -0.25) is 0 Å². The van der Waals surface area contributed by atoms with E-state index in [0.29, 0.717) is 10.6 Å². The van der Waals surface area contributed by atoms with Crippen LogP contribution in [0.25, 0.3) is 0 Å². The van der Waals surface area contributed by atoms with Gasteiger partial charge in [0.1, 0.15) is 5.82 Å². The van der Waals surface area contributed by atoms with Crippen LogP contribution < -0.4 is 5.32 Å². The number of rotatable bonds is 5. The highest BCUT2D eigenvalue weighted by Gasteiger charge is 2.31. The van der Waals surface area contributed by atoms with Crippen molar-refractivity contribution in [3.8, 4) is 0 Å². The molecule has 0 saturated carbocycles. The minimum atomic E-state index is -0.260. The molecule has 3 atom stereocenters. The monoisotopic (exact) mass is 285 g/mol. The Labute approximate surface area is 119 Å². The van der Waals surface area contributed by atoms with Crippen molar-refractivity contribution in [3.05, 3.63) is 34.6 Å². The summed E-state index contributed by atoms with van der Waals surface area (Å²) in [5.41, 5.74) is 0.650. The second-order valence-electron chi connectivity index (χ2n) is 5.16. The molecule has 1 heterocycles. The van der Waals surface area contributed by atoms with Crippen LogP contribution in [0.5, 0.6) is 0 Å². The van der Waals surface area contributed by atoms with Gasteiger partial charge in [0.05, 0.1) is 18.2 Å². The Balaban J connectivity index is 2.21. The topological polar surface area (TPSA) is 21.3 Å². The van der Waals surface area contributed by atoms with Gasteiger partial charge in [0.2, 0.25) is 0 Å². The van der Waals surface area contributed by atoms with Crippen molar-refractivity contribution < 1.29 is 9.13 Å². The molecule has 1 saturated heterocycles. The summed E-state index contributed by atoms with van der Waals surface area (Å²) in [7, 11) is 0. The number of ether oxygens (including phenoxy) is 1. The standard InChI is InChI=1S/C15H21ClFNO/c1-3-8-18-15(14-7-4-10(2)19-14)12-6-5-11(16)9-13(12)17/h5-6,9-10,14-15,18H,3-4,7-8H2,1-2H3. The van der Waals surface area contributed by atoms with E-state index in [4.69, 9.17) is 16.3 Å². The molecule has 0 radical (unpaired) electrons. The second kappa shape index (κ2) is 6.69. The Morgan fingerprint density at radius 3 is 2.84 bits per heavy atom. The van der Waals surface area contributed by atoms with Crippen LogP contribution in [0.1, 0.15) is 44.7 Å². The van der Waals surface area contributed by atoms with Gasteiger partial charge in [-0.1, -0.05) is 24.6 Å². The first-order valence-electron chi connectivity index (χ1n) is 6.95. The molecule has 0 amide bonds. The molecule has 3 unspecified atom stereocenters. The normalized spacial score (nSPS) is 24.6. The van der Waals surface area contributed by atoms with E-state index >= 15 is 0 Å². The molecule has 1 aliphatic rings. The zero-order chi connectivity index (χ0) is 13.8. The molecule has 1 aromatic carbocycles. The first-order valence-corrected chi connectivity index (χ1v) is 7.33. The lowest BCUT2D eigenvalue weighted by Crippen LogP contribution is -2.33. The van der Waals surface area contributed by atoms with E-state index in [1.807, 2.05) is 0 Å². The highest BCUT2D eigenvalue weighted by atomic mass is 35.5. The molecule has 0 aliphatic carbocycles. The van der Waals surface area contributed by atoms with E-state index < -0.39 is 0 Å². The number of hydrogen-bond donors (Lipinski definition) is 1. The van der Waals surface area contributed by atoms with Gasteiger partial charge >= 0.3 is 0 Å². The van der Waals surface area contributed by atoms with Crippen molar-refractivity contribution in [2.75, 3.05) is 6.54 Å². The summed E-state index contributed by atoms with van der Waals surface area (Å²) in [5, 5.41) is 3.83. The molecule has 106 valence electrons. The fraction of sp³-hybridized carbons (Fsp3) is 0.600. The Kier molecular flexibility index (Phi) is 5.20. The first-order chi connectivity index (χ1) is 9.11. The van der Waals surface area contributed by atoms with Gasteiger partial charge in [0, 0.05) is 10.6 Å². The molecule has 0 aromatic heterocycles. The number of halogens is 2. The maximum atomic E-state index is 14.1. The fourth-order valence-corrected chi connectivity index (χ4v) is 2.73. The van der Waals surface area contributed by atoms with Gasteiger partial charge in [0.25, 0.3) is 0 Å². The average Bonchev–Trinajstić information content (AvgIpc) is 2.78. The predicted octanol–water partition coefficient (Wildman–Crippen LogP) is 4.09. The van der Waals surface area contributed by atoms with Crippen LogP contribution in [-0.4, -0.2) is 18.8 Å². The van der Waals surface area contributed by atoms with Crippen LogP contribution in [-0.2, 0) is 4.74 Å². The zero-order valence-electron chi connectivity index (χ0n) is 11.5. The molecule has 2 nitrogen and oxygen atoms in total. The number of nitrogens with one attached hydrogen (secondary N) is 1. The van der Waals surface area contributed by atoms with Gasteiger partial charge in [-0.05, 0) is 44.9 Å². The Hall–Kier alpha value is -0.640. The molecule has 1 N–H and O–H groups in total. The minimum Gasteiger partial charge on any atom is -0.373 e. The SMILES string of the molecule is CCCNC(c1ccc(Cl)cc1F)C1CCC(C)O1. The summed E-state index contributed by atoms with van der Waals surface area (Å²) in [6.07, 6.45) is 3.30. The lowest BCUT2D eigenvalue weighted by atomic mass is 9.98. The van der Waals surface area contributed by atoms with Crippen LogP contribution in [0.15, 0.2) is 18.2 Å². The zero-order valence-corrected chi connectivity index (χ0v) is 12.2. The van der Waals surface area contributed by atoms with Crippen molar-refractivity contribution in [1.82, 2.24) is 5.32 Å². The summed E-state index contributed by atoms with van der Waals surface area (Å²) in [5.74, 6) is -0.260. The third-order valence-corrected chi connectivity index (χ3v) is 3.78. The van der Waals surface area contributed by atoms with Gasteiger partial charge in [-0.15, -0.1) is 0 Å². The van der Waals surface area contributed by atoms with E-state index in [0.717, 1.165) is 25.8 Å². The maximum Gasteiger partial charge on any atom is 0.129 e. The smallest absolute Gasteiger partial charge is 0.129 e. The van der Waals surface area contributed by atoms with Crippen LogP contribution in [0, 0.1) is 5.82 Å². The van der Waals surface area contributed by atoms with Crippen molar-refractivity contribution in [1.29, 1.82) is 0 Å². The molecule has 0 bridgehead atoms. The summed E-state index contributed by atoms with van der Waals surface area (Å²) in [6, 6.07) is 4.77. The molecule has 19 heavy (non-hydrogen) atoms. The Bertz CT molecular complexity index is 427. The molecule has 2 rings (SSSR count). The minimum absolute atomic E-state index is 0.0391. The quantitative estimate of drug-likeness (QED) is 0.880. The Morgan fingerprint density at radius 2 is 2.26 bits per heavy atom. The summed E-state index contributed by atoms with van der Waals surface area (Å²) in [4.78, 5) is 0. The molecule has 1 aliphatic heterocycles. The van der Waals surface area contributed by atoms with Crippen molar-refractivity contribution in [2.24, 2.45) is 0 Å². The van der Waals surface area contributed by atoms with Crippen molar-refractivity contribution in [2.45, 2.75) is 51.4 Å². The first kappa shape index (κ1) is 14.8. The highest BCUT2D eigenvalue weighted by molar-refractivity contribution is 6.30. The Morgan fingerprint density at radius 1 is 1.47 bits per heavy atom. The molecule has 0 spiro atoms. The summed E-state index contributed by atoms with van der Waals surface area (Å²) >= 11 is 5.82. The predicted molar refractivity (Wildman–Crippen MR) is 76.0 cm³/mol. The van der Waals surface area contributed by atoms with Crippen LogP contribution in [0.4, 0.5) is 4.39 Å². The van der Waals surface area contributed by atoms with Crippen LogP contribution in [0.2, 0.25) is 5.02 Å². The van der Waals surface area contributed by atoms with E-state index in [1.54, 1.807) is 12.1 Å². The summed E-state index contributed by atoms with van der Waals surface area (Å²) in [6.45, 7) is 5.01. The van der Waals surface area contributed by atoms with E-state index in [2.05, 4.69) is 19.2 Å². The molecule has 4 heteroatoms. The third-order valence-electron chi connectivity index (χ3n) is 3.55. The number of hydrogen-bond acceptors (Lipinski definition) is 2. The molecule has 1 aromatic rings. The van der Waals surface area contributed by atoms with Gasteiger partial charge in [-0.25, -0.2) is 4.39 Å². The number of benzene rings is 1. The van der Waals surface area contributed by atoms with Crippen LogP contribution in [0.3, 0.4) is 0 Å². The second-order valence-corrected chi connectivity index (χ2v) is 5.60. The van der Waals surface area contributed by atoms with E-state index in [-0.39, 0.29) is 24.1 Å². The average molecular weight is 286 g/mol. The summed E-state index contributed by atoms with van der Waals surface area (Å²) < 4.78 is 20.0. The van der Waals surface area contributed by atoms with Gasteiger partial charge in [0.15, 0.2) is 0 Å². The van der Waals surface area contributed by atoms with Crippen LogP contribution >= 0.6 is 11.6 Å².